The molecule has 4 N–H and O–H groups in total. The third-order valence-electron chi connectivity index (χ3n) is 7.59. The van der Waals surface area contributed by atoms with E-state index in [2.05, 4.69) is 21.3 Å². The molecule has 0 aliphatic carbocycles. The number of hydrogen-bond donors (Lipinski definition) is 4. The first-order valence-electron chi connectivity index (χ1n) is 17.1. The Labute approximate surface area is 318 Å². The third kappa shape index (κ3) is 14.7. The second-order valence-electron chi connectivity index (χ2n) is 11.6. The highest BCUT2D eigenvalue weighted by Gasteiger charge is 2.45. The van der Waals surface area contributed by atoms with Gasteiger partial charge in [-0.15, -0.1) is 0 Å². The van der Waals surface area contributed by atoms with Gasteiger partial charge in [-0.1, -0.05) is 97.2 Å². The molecular weight excluding hydrogens is 733 g/mol. The number of esters is 1. The van der Waals surface area contributed by atoms with Gasteiger partial charge in [0.15, 0.2) is 12.2 Å². The molecule has 1 aliphatic rings. The minimum Gasteiger partial charge on any atom is -0.450 e. The Morgan fingerprint density at radius 1 is 0.925 bits per heavy atom. The van der Waals surface area contributed by atoms with Crippen molar-refractivity contribution in [2.24, 2.45) is 5.92 Å². The second kappa shape index (κ2) is 22.3. The normalized spacial score (nSPS) is 15.0. The number of aryl methyl sites for hydroxylation is 1. The molecule has 0 saturated carbocycles. The number of nitrogens with one attached hydrogen (secondary N) is 4. The summed E-state index contributed by atoms with van der Waals surface area (Å²) in [5.41, 5.74) is 0.752. The van der Waals surface area contributed by atoms with Crippen LogP contribution in [0.4, 0.5) is 13.6 Å². The quantitative estimate of drug-likeness (QED) is 0.142. The average molecular weight is 780 g/mol. The van der Waals surface area contributed by atoms with Crippen LogP contribution in [0.5, 0.6) is 0 Å². The molecule has 11 nitrogen and oxygen atoms in total. The number of ether oxygens (including phenoxy) is 2. The fraction of sp³-hybridized carbons (Fsp3) is 0.395. The van der Waals surface area contributed by atoms with Gasteiger partial charge in [-0.05, 0) is 56.5 Å². The van der Waals surface area contributed by atoms with Crippen molar-refractivity contribution in [2.45, 2.75) is 71.6 Å². The van der Waals surface area contributed by atoms with Crippen molar-refractivity contribution in [1.82, 2.24) is 21.3 Å². The zero-order valence-electron chi connectivity index (χ0n) is 30.2. The van der Waals surface area contributed by atoms with Gasteiger partial charge in [-0.2, -0.15) is 8.78 Å². The SMILES string of the molecule is CC.CCNC(=O)C(OC(C)=O)C(CC1CCNC1=O)NC(=O)CNC(=O)OC(c1ccccc1)C(F)(F)c1cccc(Cl)c1.Cc1ccc(Cl)cc1. The summed E-state index contributed by atoms with van der Waals surface area (Å²) in [5, 5.41) is 10.7. The van der Waals surface area contributed by atoms with Crippen LogP contribution in [-0.2, 0) is 34.6 Å². The van der Waals surface area contributed by atoms with Crippen LogP contribution in [0, 0.1) is 12.8 Å². The first-order valence-corrected chi connectivity index (χ1v) is 17.8. The van der Waals surface area contributed by atoms with Gasteiger partial charge in [-0.25, -0.2) is 4.79 Å². The molecule has 4 amide bonds. The Morgan fingerprint density at radius 3 is 2.13 bits per heavy atom. The monoisotopic (exact) mass is 778 g/mol. The molecule has 15 heteroatoms. The molecular formula is C38H46Cl2F2N4O7. The topological polar surface area (TPSA) is 152 Å². The van der Waals surface area contributed by atoms with Crippen LogP contribution in [0.2, 0.25) is 10.0 Å². The maximum absolute atomic E-state index is 15.6. The van der Waals surface area contributed by atoms with E-state index in [1.165, 1.54) is 42.0 Å². The first kappa shape index (κ1) is 44.4. The molecule has 0 aromatic heterocycles. The molecule has 0 radical (unpaired) electrons. The lowest BCUT2D eigenvalue weighted by molar-refractivity contribution is -0.156. The molecule has 4 rings (SSSR count). The highest BCUT2D eigenvalue weighted by atomic mass is 35.5. The number of halogens is 4. The van der Waals surface area contributed by atoms with Gasteiger partial charge in [0.2, 0.25) is 11.8 Å². The zero-order valence-corrected chi connectivity index (χ0v) is 31.7. The van der Waals surface area contributed by atoms with E-state index in [1.807, 2.05) is 45.0 Å². The highest BCUT2D eigenvalue weighted by Crippen LogP contribution is 2.43. The molecule has 4 unspecified atom stereocenters. The lowest BCUT2D eigenvalue weighted by Crippen LogP contribution is -2.55. The predicted molar refractivity (Wildman–Crippen MR) is 198 cm³/mol. The summed E-state index contributed by atoms with van der Waals surface area (Å²) >= 11 is 11.5. The van der Waals surface area contributed by atoms with Gasteiger partial charge in [-0.3, -0.25) is 19.2 Å². The first-order chi connectivity index (χ1) is 25.2. The van der Waals surface area contributed by atoms with Crippen molar-refractivity contribution in [3.63, 3.8) is 0 Å². The molecule has 1 fully saturated rings. The Bertz CT molecular complexity index is 1630. The van der Waals surface area contributed by atoms with Crippen molar-refractivity contribution >= 4 is 53.0 Å². The van der Waals surface area contributed by atoms with Crippen LogP contribution in [0.15, 0.2) is 78.9 Å². The van der Waals surface area contributed by atoms with Crippen LogP contribution in [0.25, 0.3) is 0 Å². The van der Waals surface area contributed by atoms with Crippen LogP contribution in [0.1, 0.15) is 63.3 Å². The lowest BCUT2D eigenvalue weighted by Gasteiger charge is -2.29. The van der Waals surface area contributed by atoms with Crippen LogP contribution in [-0.4, -0.2) is 61.6 Å². The smallest absolute Gasteiger partial charge is 0.408 e. The van der Waals surface area contributed by atoms with E-state index < -0.39 is 66.1 Å². The van der Waals surface area contributed by atoms with Crippen LogP contribution >= 0.6 is 23.2 Å². The summed E-state index contributed by atoms with van der Waals surface area (Å²) in [6.07, 6.45) is -4.48. The van der Waals surface area contributed by atoms with E-state index in [0.29, 0.717) is 13.0 Å². The van der Waals surface area contributed by atoms with Gasteiger partial charge >= 0.3 is 18.0 Å². The number of rotatable bonds is 13. The molecule has 288 valence electrons. The Hall–Kier alpha value is -4.75. The fourth-order valence-electron chi connectivity index (χ4n) is 5.13. The Balaban J connectivity index is 0.000000846. The van der Waals surface area contributed by atoms with Crippen molar-refractivity contribution in [3.05, 3.63) is 106 Å². The Kier molecular flexibility index (Phi) is 18.7. The number of likely N-dealkylation sites (N-methyl/N-ethyl adjacent to an activating group) is 1. The van der Waals surface area contributed by atoms with Gasteiger partial charge in [0.25, 0.3) is 5.91 Å². The van der Waals surface area contributed by atoms with E-state index in [-0.39, 0.29) is 29.5 Å². The summed E-state index contributed by atoms with van der Waals surface area (Å²) in [6.45, 7) is 8.65. The standard InChI is InChI=1S/C29H33ClF2N4O7.C7H7Cl.C2H6/c1-3-33-27(40)24(42-17(2)37)22(14-19-12-13-34-26(19)39)36-23(38)16-35-28(41)43-25(18-8-5-4-6-9-18)29(31,32)20-10-7-11-21(30)15-20;1-6-2-4-7(8)5-3-6;1-2/h4-11,15,19,22,24-25H,3,12-14,16H2,1-2H3,(H,33,40)(H,34,39)(H,35,41)(H,36,38);2-5H,1H3;1-2H3. The van der Waals surface area contributed by atoms with Crippen molar-refractivity contribution in [2.75, 3.05) is 19.6 Å². The molecule has 3 aromatic carbocycles. The third-order valence-corrected chi connectivity index (χ3v) is 8.07. The van der Waals surface area contributed by atoms with Gasteiger partial charge in [0.05, 0.1) is 6.04 Å². The van der Waals surface area contributed by atoms with E-state index in [0.717, 1.165) is 24.1 Å². The van der Waals surface area contributed by atoms with Crippen molar-refractivity contribution in [1.29, 1.82) is 0 Å². The van der Waals surface area contributed by atoms with Gasteiger partial charge in [0, 0.05) is 41.5 Å². The zero-order chi connectivity index (χ0) is 39.6. The molecule has 1 aliphatic heterocycles. The van der Waals surface area contributed by atoms with E-state index >= 15 is 8.78 Å². The molecule has 0 spiro atoms. The van der Waals surface area contributed by atoms with Crippen LogP contribution in [0.3, 0.4) is 0 Å². The van der Waals surface area contributed by atoms with E-state index in [9.17, 15) is 24.0 Å². The van der Waals surface area contributed by atoms with Gasteiger partial charge in [0.1, 0.15) is 6.54 Å². The summed E-state index contributed by atoms with van der Waals surface area (Å²) in [4.78, 5) is 62.2. The number of amides is 4. The predicted octanol–water partition coefficient (Wildman–Crippen LogP) is 6.65. The molecule has 1 saturated heterocycles. The number of carbonyl (C=O) groups is 5. The summed E-state index contributed by atoms with van der Waals surface area (Å²) < 4.78 is 41.6. The summed E-state index contributed by atoms with van der Waals surface area (Å²) in [5.74, 6) is -6.90. The van der Waals surface area contributed by atoms with Crippen LogP contribution < -0.4 is 21.3 Å². The number of hydrogen-bond acceptors (Lipinski definition) is 7. The molecule has 1 heterocycles. The van der Waals surface area contributed by atoms with Crippen molar-refractivity contribution in [3.8, 4) is 0 Å². The maximum Gasteiger partial charge on any atom is 0.408 e. The summed E-state index contributed by atoms with van der Waals surface area (Å²) in [7, 11) is 0. The number of benzene rings is 3. The van der Waals surface area contributed by atoms with Gasteiger partial charge < -0.3 is 30.7 Å². The average Bonchev–Trinajstić information content (AvgIpc) is 3.54. The second-order valence-corrected chi connectivity index (χ2v) is 12.5. The maximum atomic E-state index is 15.6. The van der Waals surface area contributed by atoms with E-state index in [4.69, 9.17) is 32.7 Å². The fourth-order valence-corrected chi connectivity index (χ4v) is 5.44. The molecule has 4 atom stereocenters. The molecule has 53 heavy (non-hydrogen) atoms. The van der Waals surface area contributed by atoms with E-state index in [1.54, 1.807) is 13.0 Å². The van der Waals surface area contributed by atoms with Crippen molar-refractivity contribution < 1.29 is 42.2 Å². The number of alkyl halides is 2. The highest BCUT2D eigenvalue weighted by molar-refractivity contribution is 6.30. The number of alkyl carbamates (subject to hydrolysis) is 1. The number of carbonyl (C=O) groups excluding carboxylic acids is 5. The Morgan fingerprint density at radius 2 is 1.58 bits per heavy atom. The minimum absolute atomic E-state index is 0.00635. The lowest BCUT2D eigenvalue weighted by atomic mass is 9.94. The molecule has 3 aromatic rings. The summed E-state index contributed by atoms with van der Waals surface area (Å²) in [6, 6.07) is 18.9. The largest absolute Gasteiger partial charge is 0.450 e. The minimum atomic E-state index is -3.71. The molecule has 0 bridgehead atoms.